The van der Waals surface area contributed by atoms with Crippen LogP contribution in [0.25, 0.3) is 0 Å². The van der Waals surface area contributed by atoms with Crippen LogP contribution in [0.2, 0.25) is 0 Å². The van der Waals surface area contributed by atoms with Crippen LogP contribution in [-0.4, -0.2) is 16.5 Å². The van der Waals surface area contributed by atoms with Gasteiger partial charge in [-0.2, -0.15) is 4.98 Å². The smallest absolute Gasteiger partial charge is 0.226 e. The van der Waals surface area contributed by atoms with Gasteiger partial charge in [0.1, 0.15) is 5.75 Å². The molecule has 0 amide bonds. The van der Waals surface area contributed by atoms with E-state index in [1.54, 1.807) is 6.20 Å². The lowest BCUT2D eigenvalue weighted by atomic mass is 10.2. The third-order valence-corrected chi connectivity index (χ3v) is 2.46. The predicted molar refractivity (Wildman–Crippen MR) is 72.2 cm³/mol. The first-order valence-corrected chi connectivity index (χ1v) is 6.01. The van der Waals surface area contributed by atoms with Crippen LogP contribution in [0.5, 0.6) is 11.6 Å². The fourth-order valence-electron chi connectivity index (χ4n) is 1.56. The zero-order valence-electron chi connectivity index (χ0n) is 10.9. The summed E-state index contributed by atoms with van der Waals surface area (Å²) in [5, 5.41) is 3.07. The predicted octanol–water partition coefficient (Wildman–Crippen LogP) is 3.32. The molecule has 1 N–H and O–H groups in total. The van der Waals surface area contributed by atoms with Crippen LogP contribution >= 0.6 is 0 Å². The van der Waals surface area contributed by atoms with Gasteiger partial charge in [-0.25, -0.2) is 4.98 Å². The molecule has 0 aliphatic rings. The summed E-state index contributed by atoms with van der Waals surface area (Å²) in [6, 6.07) is 7.89. The summed E-state index contributed by atoms with van der Waals surface area (Å²) in [7, 11) is 0. The fourth-order valence-corrected chi connectivity index (χ4v) is 1.56. The van der Waals surface area contributed by atoms with E-state index in [-0.39, 0.29) is 0 Å². The molecule has 0 radical (unpaired) electrons. The molecule has 0 aliphatic heterocycles. The maximum absolute atomic E-state index is 5.79. The second-order valence-corrected chi connectivity index (χ2v) is 4.13. The van der Waals surface area contributed by atoms with Crippen LogP contribution in [-0.2, 0) is 0 Å². The van der Waals surface area contributed by atoms with Gasteiger partial charge in [-0.1, -0.05) is 12.1 Å². The molecule has 94 valence electrons. The molecule has 0 bridgehead atoms. The molecule has 2 rings (SSSR count). The van der Waals surface area contributed by atoms with E-state index in [2.05, 4.69) is 15.3 Å². The van der Waals surface area contributed by atoms with Crippen molar-refractivity contribution in [1.82, 2.24) is 9.97 Å². The van der Waals surface area contributed by atoms with Gasteiger partial charge in [0, 0.05) is 18.3 Å². The van der Waals surface area contributed by atoms with Gasteiger partial charge < -0.3 is 10.1 Å². The molecule has 0 unspecified atom stereocenters. The number of benzene rings is 1. The largest absolute Gasteiger partial charge is 0.439 e. The van der Waals surface area contributed by atoms with Gasteiger partial charge in [-0.05, 0) is 38.5 Å². The third kappa shape index (κ3) is 2.97. The van der Waals surface area contributed by atoms with Gasteiger partial charge in [0.05, 0.1) is 0 Å². The molecule has 1 aromatic carbocycles. The highest BCUT2D eigenvalue weighted by Gasteiger charge is 2.06. The minimum atomic E-state index is 0.589. The average Bonchev–Trinajstić information content (AvgIpc) is 2.34. The quantitative estimate of drug-likeness (QED) is 0.894. The Hall–Kier alpha value is -2.10. The molecule has 1 aromatic heterocycles. The van der Waals surface area contributed by atoms with Crippen LogP contribution in [0.1, 0.15) is 18.1 Å². The van der Waals surface area contributed by atoms with Crippen molar-refractivity contribution in [3.05, 3.63) is 41.6 Å². The average molecular weight is 243 g/mol. The standard InChI is InChI=1S/C14H17N3O/c1-4-15-14-16-9-11(3)13(17-14)18-12-7-5-6-10(2)8-12/h5-9H,4H2,1-3H3,(H,15,16,17). The second kappa shape index (κ2) is 5.49. The number of anilines is 1. The second-order valence-electron chi connectivity index (χ2n) is 4.13. The van der Waals surface area contributed by atoms with Gasteiger partial charge in [-0.3, -0.25) is 0 Å². The van der Waals surface area contributed by atoms with Crippen LogP contribution in [0.15, 0.2) is 30.5 Å². The fraction of sp³-hybridized carbons (Fsp3) is 0.286. The molecule has 18 heavy (non-hydrogen) atoms. The molecule has 2 aromatic rings. The first-order chi connectivity index (χ1) is 8.69. The first-order valence-electron chi connectivity index (χ1n) is 6.01. The van der Waals surface area contributed by atoms with E-state index in [1.807, 2.05) is 45.0 Å². The lowest BCUT2D eigenvalue weighted by molar-refractivity contribution is 0.458. The molecule has 4 nitrogen and oxygen atoms in total. The van der Waals surface area contributed by atoms with Crippen molar-refractivity contribution in [1.29, 1.82) is 0 Å². The molecule has 0 atom stereocenters. The zero-order valence-corrected chi connectivity index (χ0v) is 10.9. The van der Waals surface area contributed by atoms with Crippen LogP contribution < -0.4 is 10.1 Å². The van der Waals surface area contributed by atoms with Crippen molar-refractivity contribution in [2.24, 2.45) is 0 Å². The number of nitrogens with one attached hydrogen (secondary N) is 1. The number of aromatic nitrogens is 2. The van der Waals surface area contributed by atoms with E-state index in [0.29, 0.717) is 11.8 Å². The Kier molecular flexibility index (Phi) is 3.77. The summed E-state index contributed by atoms with van der Waals surface area (Å²) in [4.78, 5) is 8.53. The first kappa shape index (κ1) is 12.4. The molecule has 0 saturated carbocycles. The summed E-state index contributed by atoms with van der Waals surface area (Å²) >= 11 is 0. The summed E-state index contributed by atoms with van der Waals surface area (Å²) in [6.45, 7) is 6.75. The monoisotopic (exact) mass is 243 g/mol. The number of nitrogens with zero attached hydrogens (tertiary/aromatic N) is 2. The number of hydrogen-bond donors (Lipinski definition) is 1. The molecule has 0 fully saturated rings. The van der Waals surface area contributed by atoms with Crippen molar-refractivity contribution in [3.63, 3.8) is 0 Å². The Balaban J connectivity index is 2.25. The summed E-state index contributed by atoms with van der Waals surface area (Å²) in [5.41, 5.74) is 2.07. The summed E-state index contributed by atoms with van der Waals surface area (Å²) in [5.74, 6) is 1.97. The number of rotatable bonds is 4. The van der Waals surface area contributed by atoms with E-state index < -0.39 is 0 Å². The normalized spacial score (nSPS) is 10.2. The topological polar surface area (TPSA) is 47.0 Å². The minimum absolute atomic E-state index is 0.589. The zero-order chi connectivity index (χ0) is 13.0. The van der Waals surface area contributed by atoms with Crippen LogP contribution in [0, 0.1) is 13.8 Å². The molecule has 0 aliphatic carbocycles. The Morgan fingerprint density at radius 3 is 2.83 bits per heavy atom. The molecule has 1 heterocycles. The Bertz CT molecular complexity index is 540. The minimum Gasteiger partial charge on any atom is -0.439 e. The Labute approximate surface area is 107 Å². The lowest BCUT2D eigenvalue weighted by Crippen LogP contribution is -2.03. The van der Waals surface area contributed by atoms with Gasteiger partial charge in [-0.15, -0.1) is 0 Å². The third-order valence-electron chi connectivity index (χ3n) is 2.46. The number of ether oxygens (including phenoxy) is 1. The molecule has 0 saturated heterocycles. The molecular weight excluding hydrogens is 226 g/mol. The van der Waals surface area contributed by atoms with Crippen molar-refractivity contribution >= 4 is 5.95 Å². The maximum atomic E-state index is 5.79. The highest BCUT2D eigenvalue weighted by molar-refractivity contribution is 5.37. The van der Waals surface area contributed by atoms with E-state index >= 15 is 0 Å². The van der Waals surface area contributed by atoms with E-state index in [0.717, 1.165) is 23.4 Å². The highest BCUT2D eigenvalue weighted by Crippen LogP contribution is 2.23. The SMILES string of the molecule is CCNc1ncc(C)c(Oc2cccc(C)c2)n1. The molecular formula is C14H17N3O. The summed E-state index contributed by atoms with van der Waals surface area (Å²) in [6.07, 6.45) is 1.76. The lowest BCUT2D eigenvalue weighted by Gasteiger charge is -2.09. The molecule has 4 heteroatoms. The van der Waals surface area contributed by atoms with Crippen LogP contribution in [0.3, 0.4) is 0 Å². The Morgan fingerprint density at radius 1 is 1.28 bits per heavy atom. The van der Waals surface area contributed by atoms with Gasteiger partial charge >= 0.3 is 0 Å². The molecule has 0 spiro atoms. The maximum Gasteiger partial charge on any atom is 0.226 e. The Morgan fingerprint density at radius 2 is 2.11 bits per heavy atom. The van der Waals surface area contributed by atoms with E-state index in [9.17, 15) is 0 Å². The highest BCUT2D eigenvalue weighted by atomic mass is 16.5. The summed E-state index contributed by atoms with van der Waals surface area (Å²) < 4.78 is 5.79. The van der Waals surface area contributed by atoms with Gasteiger partial charge in [0.2, 0.25) is 11.8 Å². The number of aryl methyl sites for hydroxylation is 2. The van der Waals surface area contributed by atoms with E-state index in [1.165, 1.54) is 0 Å². The van der Waals surface area contributed by atoms with Gasteiger partial charge in [0.25, 0.3) is 0 Å². The number of hydrogen-bond acceptors (Lipinski definition) is 4. The van der Waals surface area contributed by atoms with Crippen molar-refractivity contribution < 1.29 is 4.74 Å². The van der Waals surface area contributed by atoms with Crippen LogP contribution in [0.4, 0.5) is 5.95 Å². The van der Waals surface area contributed by atoms with E-state index in [4.69, 9.17) is 4.74 Å². The van der Waals surface area contributed by atoms with Crippen molar-refractivity contribution in [2.75, 3.05) is 11.9 Å². The van der Waals surface area contributed by atoms with Gasteiger partial charge in [0.15, 0.2) is 0 Å². The van der Waals surface area contributed by atoms with Crippen molar-refractivity contribution in [3.8, 4) is 11.6 Å². The van der Waals surface area contributed by atoms with Crippen molar-refractivity contribution in [2.45, 2.75) is 20.8 Å².